The van der Waals surface area contributed by atoms with Crippen LogP contribution in [0.25, 0.3) is 15.9 Å². The summed E-state index contributed by atoms with van der Waals surface area (Å²) in [4.78, 5) is 19.7. The Morgan fingerprint density at radius 1 is 1.07 bits per heavy atom. The van der Waals surface area contributed by atoms with Gasteiger partial charge < -0.3 is 4.90 Å². The van der Waals surface area contributed by atoms with E-state index < -0.39 is 0 Å². The first kappa shape index (κ1) is 18.8. The number of benzene rings is 1. The smallest absolute Gasteiger partial charge is 0.264 e. The first-order valence-electron chi connectivity index (χ1n) is 10.7. The van der Waals surface area contributed by atoms with Gasteiger partial charge in [-0.1, -0.05) is 31.0 Å². The van der Waals surface area contributed by atoms with Crippen LogP contribution >= 0.6 is 11.3 Å². The summed E-state index contributed by atoms with van der Waals surface area (Å²) in [5.41, 5.74) is 3.24. The molecule has 0 atom stereocenters. The molecule has 5 rings (SSSR count). The van der Waals surface area contributed by atoms with Gasteiger partial charge in [0.1, 0.15) is 4.83 Å². The van der Waals surface area contributed by atoms with E-state index in [9.17, 15) is 4.79 Å². The van der Waals surface area contributed by atoms with Gasteiger partial charge in [0.2, 0.25) is 0 Å². The second-order valence-electron chi connectivity index (χ2n) is 8.38. The van der Waals surface area contributed by atoms with Gasteiger partial charge in [-0.2, -0.15) is 5.10 Å². The van der Waals surface area contributed by atoms with Crippen LogP contribution in [0.5, 0.6) is 0 Å². The molecule has 1 aliphatic carbocycles. The second-order valence-corrected chi connectivity index (χ2v) is 9.41. The van der Waals surface area contributed by atoms with Gasteiger partial charge in [-0.25, -0.2) is 4.68 Å². The molecule has 1 aliphatic heterocycles. The molecular formula is C23H28N4OS. The summed E-state index contributed by atoms with van der Waals surface area (Å²) in [5.74, 6) is 0.174. The van der Waals surface area contributed by atoms with Crippen molar-refractivity contribution in [2.45, 2.75) is 45.6 Å². The Labute approximate surface area is 175 Å². The summed E-state index contributed by atoms with van der Waals surface area (Å²) >= 11 is 1.57. The van der Waals surface area contributed by atoms with Crippen LogP contribution in [-0.4, -0.2) is 57.7 Å². The fraction of sp³-hybridized carbons (Fsp3) is 0.478. The first-order chi connectivity index (χ1) is 14.1. The van der Waals surface area contributed by atoms with Crippen molar-refractivity contribution in [3.8, 4) is 5.69 Å². The van der Waals surface area contributed by atoms with Gasteiger partial charge in [-0.05, 0) is 44.4 Å². The highest BCUT2D eigenvalue weighted by Crippen LogP contribution is 2.32. The Balaban J connectivity index is 1.38. The number of carbonyl (C=O) groups is 1. The van der Waals surface area contributed by atoms with Crippen molar-refractivity contribution in [1.29, 1.82) is 0 Å². The maximum absolute atomic E-state index is 13.2. The number of aryl methyl sites for hydroxylation is 2. The van der Waals surface area contributed by atoms with E-state index >= 15 is 0 Å². The molecule has 1 amide bonds. The molecule has 5 nitrogen and oxygen atoms in total. The van der Waals surface area contributed by atoms with E-state index in [0.717, 1.165) is 58.7 Å². The van der Waals surface area contributed by atoms with Gasteiger partial charge in [0.25, 0.3) is 5.91 Å². The minimum Gasteiger partial charge on any atom is -0.335 e. The van der Waals surface area contributed by atoms with Crippen molar-refractivity contribution in [1.82, 2.24) is 19.6 Å². The molecule has 0 bridgehead atoms. The molecule has 0 radical (unpaired) electrons. The number of carbonyl (C=O) groups excluding carboxylic acids is 1. The average Bonchev–Trinajstić information content (AvgIpc) is 3.47. The molecule has 152 valence electrons. The summed E-state index contributed by atoms with van der Waals surface area (Å²) < 4.78 is 2.00. The van der Waals surface area contributed by atoms with Gasteiger partial charge in [0, 0.05) is 37.6 Å². The number of hydrogen-bond donors (Lipinski definition) is 0. The minimum atomic E-state index is 0.174. The van der Waals surface area contributed by atoms with Crippen LogP contribution in [0.15, 0.2) is 30.3 Å². The van der Waals surface area contributed by atoms with E-state index in [0.29, 0.717) is 0 Å². The molecule has 2 aliphatic rings. The quantitative estimate of drug-likeness (QED) is 0.645. The maximum Gasteiger partial charge on any atom is 0.264 e. The topological polar surface area (TPSA) is 41.4 Å². The molecule has 2 aromatic heterocycles. The Morgan fingerprint density at radius 2 is 1.79 bits per heavy atom. The van der Waals surface area contributed by atoms with Gasteiger partial charge in [-0.3, -0.25) is 9.69 Å². The lowest BCUT2D eigenvalue weighted by Gasteiger charge is -2.37. The standard InChI is InChI=1S/C23H28N4OS/c1-16-7-3-6-10-20(16)27-23-19(17(2)24-27)15-21(29-23)22(28)26-13-11-25(12-14-26)18-8-4-5-9-18/h3,6-7,10,15,18H,4-5,8-9,11-14H2,1-2H3. The number of para-hydroxylation sites is 1. The third-order valence-corrected chi connectivity index (χ3v) is 7.64. The van der Waals surface area contributed by atoms with Crippen molar-refractivity contribution in [2.75, 3.05) is 26.2 Å². The Kier molecular flexibility index (Phi) is 4.92. The Hall–Kier alpha value is -2.18. The SMILES string of the molecule is Cc1ccccc1-n1nc(C)c2cc(C(=O)N3CCN(C4CCCC4)CC3)sc21. The molecule has 0 unspecified atom stereocenters. The van der Waals surface area contributed by atoms with Crippen LogP contribution in [0.1, 0.15) is 46.6 Å². The molecule has 6 heteroatoms. The van der Waals surface area contributed by atoms with Crippen LogP contribution < -0.4 is 0 Å². The van der Waals surface area contributed by atoms with Crippen molar-refractivity contribution in [3.63, 3.8) is 0 Å². The summed E-state index contributed by atoms with van der Waals surface area (Å²) in [6.07, 6.45) is 5.39. The molecule has 1 saturated carbocycles. The molecule has 1 saturated heterocycles. The largest absolute Gasteiger partial charge is 0.335 e. The zero-order valence-electron chi connectivity index (χ0n) is 17.2. The zero-order valence-corrected chi connectivity index (χ0v) is 18.0. The number of fused-ring (bicyclic) bond motifs is 1. The third kappa shape index (κ3) is 3.38. The van der Waals surface area contributed by atoms with Crippen LogP contribution in [0.2, 0.25) is 0 Å². The molecule has 2 fully saturated rings. The highest BCUT2D eigenvalue weighted by atomic mass is 32.1. The van der Waals surface area contributed by atoms with Crippen LogP contribution in [0.4, 0.5) is 0 Å². The van der Waals surface area contributed by atoms with E-state index in [1.165, 1.54) is 31.2 Å². The predicted octanol–water partition coefficient (Wildman–Crippen LogP) is 4.40. The molecule has 1 aromatic carbocycles. The fourth-order valence-corrected chi connectivity index (χ4v) is 5.98. The Bertz CT molecular complexity index is 1040. The Morgan fingerprint density at radius 3 is 2.52 bits per heavy atom. The van der Waals surface area contributed by atoms with E-state index in [1.807, 2.05) is 34.7 Å². The zero-order chi connectivity index (χ0) is 20.0. The molecule has 29 heavy (non-hydrogen) atoms. The third-order valence-electron chi connectivity index (χ3n) is 6.54. The van der Waals surface area contributed by atoms with Crippen LogP contribution in [0, 0.1) is 13.8 Å². The number of rotatable bonds is 3. The molecule has 3 aromatic rings. The lowest BCUT2D eigenvalue weighted by Crippen LogP contribution is -2.51. The van der Waals surface area contributed by atoms with Crippen molar-refractivity contribution < 1.29 is 4.79 Å². The number of piperazine rings is 1. The molecule has 0 N–H and O–H groups in total. The van der Waals surface area contributed by atoms with Crippen molar-refractivity contribution in [2.24, 2.45) is 0 Å². The highest BCUT2D eigenvalue weighted by Gasteiger charge is 2.29. The second kappa shape index (κ2) is 7.58. The van der Waals surface area contributed by atoms with Crippen molar-refractivity contribution in [3.05, 3.63) is 46.5 Å². The number of hydrogen-bond acceptors (Lipinski definition) is 4. The molecule has 3 heterocycles. The summed E-state index contributed by atoms with van der Waals surface area (Å²) in [6.45, 7) is 7.83. The maximum atomic E-state index is 13.2. The van der Waals surface area contributed by atoms with E-state index in [4.69, 9.17) is 5.10 Å². The summed E-state index contributed by atoms with van der Waals surface area (Å²) in [6, 6.07) is 11.1. The minimum absolute atomic E-state index is 0.174. The lowest BCUT2D eigenvalue weighted by atomic mass is 10.1. The van der Waals surface area contributed by atoms with E-state index in [1.54, 1.807) is 11.3 Å². The van der Waals surface area contributed by atoms with Crippen molar-refractivity contribution >= 4 is 27.5 Å². The monoisotopic (exact) mass is 408 g/mol. The summed E-state index contributed by atoms with van der Waals surface area (Å²) in [7, 11) is 0. The normalized spacial score (nSPS) is 18.8. The lowest BCUT2D eigenvalue weighted by molar-refractivity contribution is 0.0578. The van der Waals surface area contributed by atoms with E-state index in [2.05, 4.69) is 24.0 Å². The average molecular weight is 409 g/mol. The van der Waals surface area contributed by atoms with E-state index in [-0.39, 0.29) is 5.91 Å². The molecular weight excluding hydrogens is 380 g/mol. The number of nitrogens with zero attached hydrogens (tertiary/aromatic N) is 4. The molecule has 0 spiro atoms. The van der Waals surface area contributed by atoms with Gasteiger partial charge >= 0.3 is 0 Å². The number of aromatic nitrogens is 2. The highest BCUT2D eigenvalue weighted by molar-refractivity contribution is 7.20. The van der Waals surface area contributed by atoms with Gasteiger partial charge in [0.15, 0.2) is 0 Å². The van der Waals surface area contributed by atoms with Crippen LogP contribution in [0.3, 0.4) is 0 Å². The first-order valence-corrected chi connectivity index (χ1v) is 11.5. The number of amides is 1. The summed E-state index contributed by atoms with van der Waals surface area (Å²) in [5, 5.41) is 5.83. The van der Waals surface area contributed by atoms with Crippen LogP contribution in [-0.2, 0) is 0 Å². The predicted molar refractivity (Wildman–Crippen MR) is 118 cm³/mol. The van der Waals surface area contributed by atoms with Gasteiger partial charge in [0.05, 0.1) is 16.3 Å². The van der Waals surface area contributed by atoms with Gasteiger partial charge in [-0.15, -0.1) is 11.3 Å². The fourth-order valence-electron chi connectivity index (χ4n) is 4.83. The number of thiophene rings is 1.